The van der Waals surface area contributed by atoms with Crippen molar-refractivity contribution < 1.29 is 4.79 Å². The summed E-state index contributed by atoms with van der Waals surface area (Å²) in [5, 5.41) is 9.68. The summed E-state index contributed by atoms with van der Waals surface area (Å²) in [6, 6.07) is 5.99. The Morgan fingerprint density at radius 2 is 2.15 bits per heavy atom. The third-order valence-corrected chi connectivity index (χ3v) is 3.20. The van der Waals surface area contributed by atoms with Gasteiger partial charge in [0.05, 0.1) is 0 Å². The van der Waals surface area contributed by atoms with Gasteiger partial charge in [0.1, 0.15) is 5.82 Å². The van der Waals surface area contributed by atoms with Crippen molar-refractivity contribution in [3.8, 4) is 0 Å². The van der Waals surface area contributed by atoms with E-state index in [2.05, 4.69) is 34.3 Å². The largest absolute Gasteiger partial charge is 0.319 e. The van der Waals surface area contributed by atoms with Crippen LogP contribution in [-0.2, 0) is 12.8 Å². The van der Waals surface area contributed by atoms with Crippen LogP contribution in [0.1, 0.15) is 47.8 Å². The highest BCUT2D eigenvalue weighted by Crippen LogP contribution is 2.21. The van der Waals surface area contributed by atoms with Gasteiger partial charge >= 0.3 is 0 Å². The predicted molar refractivity (Wildman–Crippen MR) is 78.9 cm³/mol. The van der Waals surface area contributed by atoms with Crippen LogP contribution in [0.25, 0.3) is 0 Å². The normalized spacial score (nSPS) is 10.6. The van der Waals surface area contributed by atoms with Crippen molar-refractivity contribution in [1.29, 1.82) is 0 Å². The maximum Gasteiger partial charge on any atom is 0.295 e. The topological polar surface area (TPSA) is 70.7 Å². The number of anilines is 1. The van der Waals surface area contributed by atoms with Crippen LogP contribution in [0.5, 0.6) is 0 Å². The minimum atomic E-state index is -0.271. The van der Waals surface area contributed by atoms with Gasteiger partial charge in [0.2, 0.25) is 5.82 Å². The van der Waals surface area contributed by atoms with Gasteiger partial charge in [-0.1, -0.05) is 32.0 Å². The lowest BCUT2D eigenvalue weighted by molar-refractivity contribution is 0.101. The molecular formula is C15H20N4O. The molecule has 0 radical (unpaired) electrons. The second-order valence-corrected chi connectivity index (χ2v) is 4.77. The lowest BCUT2D eigenvalue weighted by Gasteiger charge is -2.11. The highest BCUT2D eigenvalue weighted by Gasteiger charge is 2.15. The van der Waals surface area contributed by atoms with Crippen molar-refractivity contribution in [2.24, 2.45) is 0 Å². The van der Waals surface area contributed by atoms with Gasteiger partial charge in [-0.2, -0.15) is 0 Å². The zero-order valence-corrected chi connectivity index (χ0v) is 12.2. The number of rotatable bonds is 5. The van der Waals surface area contributed by atoms with E-state index < -0.39 is 0 Å². The number of para-hydroxylation sites is 1. The van der Waals surface area contributed by atoms with Gasteiger partial charge < -0.3 is 5.32 Å². The zero-order chi connectivity index (χ0) is 14.5. The molecule has 20 heavy (non-hydrogen) atoms. The van der Waals surface area contributed by atoms with E-state index in [1.165, 1.54) is 0 Å². The molecule has 1 aromatic heterocycles. The van der Waals surface area contributed by atoms with Gasteiger partial charge in [0, 0.05) is 12.1 Å². The van der Waals surface area contributed by atoms with Gasteiger partial charge in [-0.05, 0) is 30.9 Å². The number of carbonyl (C=O) groups is 1. The van der Waals surface area contributed by atoms with Crippen LogP contribution in [0.3, 0.4) is 0 Å². The number of H-pyrrole nitrogens is 1. The van der Waals surface area contributed by atoms with Crippen molar-refractivity contribution in [2.45, 2.75) is 40.0 Å². The Morgan fingerprint density at radius 1 is 1.35 bits per heavy atom. The monoisotopic (exact) mass is 272 g/mol. The Morgan fingerprint density at radius 3 is 2.85 bits per heavy atom. The third-order valence-electron chi connectivity index (χ3n) is 3.20. The molecular weight excluding hydrogens is 252 g/mol. The fourth-order valence-corrected chi connectivity index (χ4v) is 2.12. The first-order chi connectivity index (χ1) is 9.65. The first-order valence-corrected chi connectivity index (χ1v) is 6.96. The molecule has 0 aliphatic rings. The van der Waals surface area contributed by atoms with E-state index in [1.807, 2.05) is 25.1 Å². The number of aromatic amines is 1. The van der Waals surface area contributed by atoms with E-state index in [0.717, 1.165) is 41.9 Å². The lowest BCUT2D eigenvalue weighted by atomic mass is 10.1. The van der Waals surface area contributed by atoms with Gasteiger partial charge in [-0.25, -0.2) is 4.98 Å². The van der Waals surface area contributed by atoms with Gasteiger partial charge in [-0.15, -0.1) is 5.10 Å². The van der Waals surface area contributed by atoms with Crippen molar-refractivity contribution in [3.05, 3.63) is 41.0 Å². The highest BCUT2D eigenvalue weighted by atomic mass is 16.2. The molecule has 0 saturated carbocycles. The molecule has 2 N–H and O–H groups in total. The average molecular weight is 272 g/mol. The SMILES string of the molecule is CCCc1nc(C(=O)Nc2c(C)cccc2CC)n[nH]1. The summed E-state index contributed by atoms with van der Waals surface area (Å²) in [6.07, 6.45) is 2.63. The fraction of sp³-hybridized carbons (Fsp3) is 0.400. The predicted octanol–water partition coefficient (Wildman–Crippen LogP) is 2.88. The van der Waals surface area contributed by atoms with Gasteiger partial charge in [0.15, 0.2) is 0 Å². The Kier molecular flexibility index (Phi) is 4.50. The quantitative estimate of drug-likeness (QED) is 0.879. The minimum absolute atomic E-state index is 0.193. The smallest absolute Gasteiger partial charge is 0.295 e. The second-order valence-electron chi connectivity index (χ2n) is 4.77. The molecule has 0 unspecified atom stereocenters. The fourth-order valence-electron chi connectivity index (χ4n) is 2.12. The lowest BCUT2D eigenvalue weighted by Crippen LogP contribution is -2.16. The van der Waals surface area contributed by atoms with Crippen LogP contribution >= 0.6 is 0 Å². The summed E-state index contributed by atoms with van der Waals surface area (Å²) in [5.41, 5.74) is 3.02. The third kappa shape index (κ3) is 3.04. The number of benzene rings is 1. The zero-order valence-electron chi connectivity index (χ0n) is 12.2. The Labute approximate surface area is 118 Å². The number of carbonyl (C=O) groups excluding carboxylic acids is 1. The Bertz CT molecular complexity index is 604. The number of aromatic nitrogens is 3. The molecule has 1 amide bonds. The molecule has 0 saturated heterocycles. The molecule has 0 atom stereocenters. The number of hydrogen-bond acceptors (Lipinski definition) is 3. The maximum atomic E-state index is 12.2. The van der Waals surface area contributed by atoms with Crippen molar-refractivity contribution in [2.75, 3.05) is 5.32 Å². The van der Waals surface area contributed by atoms with Crippen LogP contribution in [-0.4, -0.2) is 21.1 Å². The summed E-state index contributed by atoms with van der Waals surface area (Å²) < 4.78 is 0. The number of amides is 1. The van der Waals surface area contributed by atoms with Gasteiger partial charge in [0.25, 0.3) is 5.91 Å². The first kappa shape index (κ1) is 14.2. The standard InChI is InChI=1S/C15H20N4O/c1-4-7-12-16-14(19-18-12)15(20)17-13-10(3)8-6-9-11(13)5-2/h6,8-9H,4-5,7H2,1-3H3,(H,17,20)(H,16,18,19). The van der Waals surface area contributed by atoms with Crippen molar-refractivity contribution >= 4 is 11.6 Å². The summed E-state index contributed by atoms with van der Waals surface area (Å²) >= 11 is 0. The van der Waals surface area contributed by atoms with Crippen LogP contribution in [0.4, 0.5) is 5.69 Å². The minimum Gasteiger partial charge on any atom is -0.319 e. The molecule has 1 heterocycles. The average Bonchev–Trinajstić information content (AvgIpc) is 2.90. The molecule has 2 rings (SSSR count). The van der Waals surface area contributed by atoms with Crippen LogP contribution in [0, 0.1) is 6.92 Å². The van der Waals surface area contributed by atoms with E-state index in [9.17, 15) is 4.79 Å². The van der Waals surface area contributed by atoms with Crippen molar-refractivity contribution in [3.63, 3.8) is 0 Å². The van der Waals surface area contributed by atoms with E-state index in [0.29, 0.717) is 0 Å². The molecule has 1 aromatic carbocycles. The molecule has 5 nitrogen and oxygen atoms in total. The highest BCUT2D eigenvalue weighted by molar-refractivity contribution is 6.02. The molecule has 0 aliphatic heterocycles. The molecule has 106 valence electrons. The van der Waals surface area contributed by atoms with E-state index in [1.54, 1.807) is 0 Å². The molecule has 0 bridgehead atoms. The summed E-state index contributed by atoms with van der Waals surface area (Å²) in [6.45, 7) is 6.11. The second kappa shape index (κ2) is 6.32. The molecule has 0 fully saturated rings. The molecule has 0 spiro atoms. The van der Waals surface area contributed by atoms with E-state index in [-0.39, 0.29) is 11.7 Å². The first-order valence-electron chi connectivity index (χ1n) is 6.96. The molecule has 2 aromatic rings. The van der Waals surface area contributed by atoms with Crippen LogP contribution in [0.15, 0.2) is 18.2 Å². The van der Waals surface area contributed by atoms with Crippen LogP contribution in [0.2, 0.25) is 0 Å². The van der Waals surface area contributed by atoms with Crippen LogP contribution < -0.4 is 5.32 Å². The summed E-state index contributed by atoms with van der Waals surface area (Å²) in [7, 11) is 0. The molecule has 5 heteroatoms. The van der Waals surface area contributed by atoms with Gasteiger partial charge in [-0.3, -0.25) is 9.89 Å². The van der Waals surface area contributed by atoms with E-state index >= 15 is 0 Å². The molecule has 0 aliphatic carbocycles. The number of nitrogens with zero attached hydrogens (tertiary/aromatic N) is 2. The number of aryl methyl sites for hydroxylation is 3. The number of hydrogen-bond donors (Lipinski definition) is 2. The number of nitrogens with one attached hydrogen (secondary N) is 2. The summed E-state index contributed by atoms with van der Waals surface area (Å²) in [4.78, 5) is 16.4. The maximum absolute atomic E-state index is 12.2. The summed E-state index contributed by atoms with van der Waals surface area (Å²) in [5.74, 6) is 0.671. The van der Waals surface area contributed by atoms with E-state index in [4.69, 9.17) is 0 Å². The Hall–Kier alpha value is -2.17. The Balaban J connectivity index is 2.19. The van der Waals surface area contributed by atoms with Crippen molar-refractivity contribution in [1.82, 2.24) is 15.2 Å².